The summed E-state index contributed by atoms with van der Waals surface area (Å²) in [4.78, 5) is 31.6. The third-order valence-corrected chi connectivity index (χ3v) is 9.90. The predicted octanol–water partition coefficient (Wildman–Crippen LogP) is 6.73. The Morgan fingerprint density at radius 2 is 1.70 bits per heavy atom. The van der Waals surface area contributed by atoms with Crippen LogP contribution in [0.15, 0.2) is 65.6 Å². The van der Waals surface area contributed by atoms with Crippen molar-refractivity contribution in [1.29, 1.82) is 0 Å². The Hall–Kier alpha value is -4.63. The van der Waals surface area contributed by atoms with Gasteiger partial charge in [0.25, 0.3) is 0 Å². The van der Waals surface area contributed by atoms with Crippen molar-refractivity contribution in [3.8, 4) is 22.8 Å². The minimum atomic E-state index is -4.61. The summed E-state index contributed by atoms with van der Waals surface area (Å²) >= 11 is 0. The van der Waals surface area contributed by atoms with Crippen LogP contribution in [0, 0.1) is 18.9 Å². The van der Waals surface area contributed by atoms with Crippen LogP contribution in [0.25, 0.3) is 27.6 Å². The summed E-state index contributed by atoms with van der Waals surface area (Å²) in [6.07, 6.45) is 2.81. The van der Waals surface area contributed by atoms with Gasteiger partial charge < -0.3 is 9.80 Å². The maximum atomic E-state index is 14.1. The number of alkyl halides is 3. The van der Waals surface area contributed by atoms with Crippen LogP contribution in [0.4, 0.5) is 23.7 Å². The first-order valence-electron chi connectivity index (χ1n) is 15.5. The van der Waals surface area contributed by atoms with Crippen LogP contribution in [0.5, 0.6) is 0 Å². The fraction of sp³-hybridized carbons (Fsp3) is 0.412. The number of hydrogen-bond acceptors (Lipinski definition) is 3. The number of halogens is 3. The van der Waals surface area contributed by atoms with E-state index in [0.717, 1.165) is 77.4 Å². The molecule has 2 fully saturated rings. The van der Waals surface area contributed by atoms with E-state index in [9.17, 15) is 22.8 Å². The Morgan fingerprint density at radius 1 is 1.02 bits per heavy atom. The molecule has 3 heterocycles. The van der Waals surface area contributed by atoms with E-state index in [-0.39, 0.29) is 28.5 Å². The summed E-state index contributed by atoms with van der Waals surface area (Å²) in [5, 5.41) is 7.51. The second-order valence-corrected chi connectivity index (χ2v) is 13.3. The number of aromatic nitrogens is 4. The van der Waals surface area contributed by atoms with Crippen LogP contribution in [0.1, 0.15) is 49.8 Å². The van der Waals surface area contributed by atoms with Gasteiger partial charge in [-0.05, 0) is 74.4 Å². The number of benzene rings is 2. The second-order valence-electron chi connectivity index (χ2n) is 13.3. The molecule has 1 N–H and O–H groups in total. The first kappa shape index (κ1) is 31.4. The molecule has 1 aliphatic carbocycles. The number of nitrogens with zero attached hydrogens (tertiary/aromatic N) is 6. The largest absolute Gasteiger partial charge is 0.416 e. The number of quaternary nitrogens is 1. The summed E-state index contributed by atoms with van der Waals surface area (Å²) in [5.41, 5.74) is 0.523. The van der Waals surface area contributed by atoms with Crippen molar-refractivity contribution in [2.24, 2.45) is 5.41 Å². The monoisotopic (exact) mass is 632 g/mol. The van der Waals surface area contributed by atoms with Crippen LogP contribution in [0.3, 0.4) is 0 Å². The smallest absolute Gasteiger partial charge is 0.335 e. The average molecular weight is 633 g/mol. The molecule has 0 bridgehead atoms. The van der Waals surface area contributed by atoms with Gasteiger partial charge in [-0.2, -0.15) is 18.3 Å². The van der Waals surface area contributed by atoms with Crippen molar-refractivity contribution < 1.29 is 22.4 Å². The van der Waals surface area contributed by atoms with E-state index in [1.807, 2.05) is 0 Å². The summed E-state index contributed by atoms with van der Waals surface area (Å²) in [6, 6.07) is 12.1. The van der Waals surface area contributed by atoms with Gasteiger partial charge in [-0.15, -0.1) is 0 Å². The molecule has 1 amide bonds. The van der Waals surface area contributed by atoms with Gasteiger partial charge in [0.2, 0.25) is 0 Å². The number of amides is 1. The highest BCUT2D eigenvalue weighted by Crippen LogP contribution is 2.45. The minimum Gasteiger partial charge on any atom is -0.335 e. The van der Waals surface area contributed by atoms with E-state index in [1.165, 1.54) is 18.3 Å². The molecular weight excluding hydrogens is 595 g/mol. The normalized spacial score (nSPS) is 17.9. The van der Waals surface area contributed by atoms with E-state index < -0.39 is 23.5 Å². The molecule has 1 saturated heterocycles. The van der Waals surface area contributed by atoms with Crippen LogP contribution < -0.4 is 11.0 Å². The van der Waals surface area contributed by atoms with Gasteiger partial charge in [0.05, 0.1) is 68.3 Å². The van der Waals surface area contributed by atoms with E-state index >= 15 is 0 Å². The van der Waals surface area contributed by atoms with E-state index in [0.29, 0.717) is 17.1 Å². The lowest BCUT2D eigenvalue weighted by molar-refractivity contribution is -0.897. The molecule has 46 heavy (non-hydrogen) atoms. The lowest BCUT2D eigenvalue weighted by Crippen LogP contribution is -2.52. The molecule has 240 valence electrons. The van der Waals surface area contributed by atoms with Crippen LogP contribution >= 0.6 is 0 Å². The molecule has 4 aromatic rings. The SMILES string of the molecule is [C-]#[N+]c1ccc(-n2nccc2-c2c(C)n(-c3cccc(C(F)(F)F)c3)c(=O)n2C(=O)NC2CCC3(CC2)CC[N+](C)(C)CC3)cc1. The molecule has 2 aromatic heterocycles. The standard InChI is InChI=1S/C34H36F3N7O2/c1-23-30(29-14-19-39-43(29)27-10-8-25(38-2)9-11-27)42(32(46)41(23)28-7-5-6-24(22-28)34(35,36)37)31(45)40-26-12-15-33(16-13-26)17-20-44(3,4)21-18-33/h5-11,14,19,22,26H,12-13,15-18,20-21H2,1,3-4H3/p+1. The van der Waals surface area contributed by atoms with Crippen LogP contribution in [-0.4, -0.2) is 62.7 Å². The van der Waals surface area contributed by atoms with Gasteiger partial charge in [-0.1, -0.05) is 18.2 Å². The van der Waals surface area contributed by atoms with Crippen molar-refractivity contribution in [2.45, 2.75) is 57.7 Å². The Kier molecular flexibility index (Phi) is 7.92. The third-order valence-electron chi connectivity index (χ3n) is 9.90. The number of nitrogens with one attached hydrogen (secondary N) is 1. The molecule has 2 aliphatic rings. The third kappa shape index (κ3) is 5.87. The number of likely N-dealkylation sites (tertiary alicyclic amines) is 1. The molecule has 0 unspecified atom stereocenters. The summed E-state index contributed by atoms with van der Waals surface area (Å²) in [6.45, 7) is 11.1. The summed E-state index contributed by atoms with van der Waals surface area (Å²) < 4.78 is 45.7. The average Bonchev–Trinajstić information content (AvgIpc) is 3.61. The number of rotatable bonds is 4. The van der Waals surface area contributed by atoms with E-state index in [2.05, 4.69) is 29.4 Å². The number of piperidine rings is 1. The molecule has 1 aliphatic heterocycles. The van der Waals surface area contributed by atoms with Gasteiger partial charge >= 0.3 is 17.9 Å². The molecule has 2 aromatic carbocycles. The van der Waals surface area contributed by atoms with Crippen molar-refractivity contribution >= 4 is 11.7 Å². The van der Waals surface area contributed by atoms with Crippen molar-refractivity contribution in [3.63, 3.8) is 0 Å². The molecular formula is C34H37F3N7O2+. The quantitative estimate of drug-likeness (QED) is 0.200. The zero-order valence-electron chi connectivity index (χ0n) is 26.1. The van der Waals surface area contributed by atoms with Gasteiger partial charge in [-0.25, -0.2) is 23.7 Å². The van der Waals surface area contributed by atoms with Gasteiger partial charge in [-0.3, -0.25) is 4.57 Å². The molecule has 1 spiro atoms. The zero-order chi connectivity index (χ0) is 32.9. The van der Waals surface area contributed by atoms with E-state index in [4.69, 9.17) is 6.57 Å². The Balaban J connectivity index is 1.38. The summed E-state index contributed by atoms with van der Waals surface area (Å²) in [5.74, 6) is 0. The second kappa shape index (κ2) is 11.6. The van der Waals surface area contributed by atoms with Gasteiger partial charge in [0.15, 0.2) is 5.69 Å². The number of carbonyl (C=O) groups is 1. The van der Waals surface area contributed by atoms with Gasteiger partial charge in [0, 0.05) is 18.9 Å². The fourth-order valence-electron chi connectivity index (χ4n) is 7.01. The molecule has 1 saturated carbocycles. The predicted molar refractivity (Wildman–Crippen MR) is 168 cm³/mol. The molecule has 9 nitrogen and oxygen atoms in total. The van der Waals surface area contributed by atoms with E-state index in [1.54, 1.807) is 41.9 Å². The molecule has 0 radical (unpaired) electrons. The maximum Gasteiger partial charge on any atom is 0.416 e. The van der Waals surface area contributed by atoms with Crippen LogP contribution in [-0.2, 0) is 6.18 Å². The first-order valence-corrected chi connectivity index (χ1v) is 15.5. The number of hydrogen-bond donors (Lipinski definition) is 1. The number of carbonyl (C=O) groups excluding carboxylic acids is 1. The Labute approximate surface area is 265 Å². The minimum absolute atomic E-state index is 0.00386. The fourth-order valence-corrected chi connectivity index (χ4v) is 7.01. The number of imidazole rings is 1. The zero-order valence-corrected chi connectivity index (χ0v) is 26.1. The lowest BCUT2D eigenvalue weighted by Gasteiger charge is -2.47. The molecule has 12 heteroatoms. The molecule has 0 atom stereocenters. The first-order chi connectivity index (χ1) is 21.8. The summed E-state index contributed by atoms with van der Waals surface area (Å²) in [7, 11) is 4.52. The van der Waals surface area contributed by atoms with Crippen molar-refractivity contribution in [2.75, 3.05) is 27.2 Å². The Morgan fingerprint density at radius 3 is 2.33 bits per heavy atom. The van der Waals surface area contributed by atoms with Crippen molar-refractivity contribution in [1.82, 2.24) is 24.2 Å². The van der Waals surface area contributed by atoms with Crippen molar-refractivity contribution in [3.05, 3.63) is 94.0 Å². The Bertz CT molecular complexity index is 1860. The van der Waals surface area contributed by atoms with Gasteiger partial charge in [0.1, 0.15) is 5.69 Å². The lowest BCUT2D eigenvalue weighted by atomic mass is 9.66. The highest BCUT2D eigenvalue weighted by molar-refractivity contribution is 5.83. The highest BCUT2D eigenvalue weighted by atomic mass is 19.4. The topological polar surface area (TPSA) is 78.2 Å². The van der Waals surface area contributed by atoms with Crippen LogP contribution in [0.2, 0.25) is 0 Å². The maximum absolute atomic E-state index is 14.1. The highest BCUT2D eigenvalue weighted by Gasteiger charge is 2.42. The molecule has 6 rings (SSSR count).